The summed E-state index contributed by atoms with van der Waals surface area (Å²) in [4.78, 5) is 11.9. The average molecular weight is 336 g/mol. The van der Waals surface area contributed by atoms with Crippen molar-refractivity contribution in [2.24, 2.45) is 0 Å². The summed E-state index contributed by atoms with van der Waals surface area (Å²) in [5, 5.41) is 12.4. The number of nitrogens with zero attached hydrogens (tertiary/aromatic N) is 1. The maximum Gasteiger partial charge on any atom is 0.319 e. The fourth-order valence-corrected chi connectivity index (χ4v) is 2.37. The van der Waals surface area contributed by atoms with Gasteiger partial charge in [-0.05, 0) is 42.3 Å². The van der Waals surface area contributed by atoms with E-state index < -0.39 is 0 Å². The summed E-state index contributed by atoms with van der Waals surface area (Å²) < 4.78 is 5.64. The summed E-state index contributed by atoms with van der Waals surface area (Å²) in [5.41, 5.74) is 3.74. The first-order valence-electron chi connectivity index (χ1n) is 8.05. The number of H-pyrrole nitrogens is 1. The second kappa shape index (κ2) is 8.01. The van der Waals surface area contributed by atoms with Crippen molar-refractivity contribution >= 4 is 11.7 Å². The van der Waals surface area contributed by atoms with E-state index in [1.807, 2.05) is 61.5 Å². The van der Waals surface area contributed by atoms with Gasteiger partial charge in [0.2, 0.25) is 0 Å². The number of urea groups is 1. The molecule has 0 aliphatic rings. The van der Waals surface area contributed by atoms with Gasteiger partial charge in [-0.1, -0.05) is 30.3 Å². The Balaban J connectivity index is 1.42. The molecule has 0 saturated carbocycles. The van der Waals surface area contributed by atoms with Gasteiger partial charge in [0.25, 0.3) is 0 Å². The predicted octanol–water partition coefficient (Wildman–Crippen LogP) is 3.59. The van der Waals surface area contributed by atoms with Gasteiger partial charge >= 0.3 is 6.03 Å². The topological polar surface area (TPSA) is 79.0 Å². The molecule has 0 radical (unpaired) electrons. The zero-order chi connectivity index (χ0) is 17.5. The third-order valence-electron chi connectivity index (χ3n) is 3.69. The molecule has 0 fully saturated rings. The molecular formula is C19H20N4O2. The van der Waals surface area contributed by atoms with Gasteiger partial charge in [0.05, 0.1) is 12.2 Å². The molecule has 3 N–H and O–H groups in total. The number of amides is 2. The molecule has 25 heavy (non-hydrogen) atoms. The van der Waals surface area contributed by atoms with Crippen molar-refractivity contribution in [3.8, 4) is 17.0 Å². The van der Waals surface area contributed by atoms with E-state index in [0.29, 0.717) is 13.2 Å². The van der Waals surface area contributed by atoms with Crippen molar-refractivity contribution in [1.82, 2.24) is 15.5 Å². The second-order valence-electron chi connectivity index (χ2n) is 5.54. The van der Waals surface area contributed by atoms with Gasteiger partial charge in [0.15, 0.2) is 0 Å². The molecule has 2 amide bonds. The Morgan fingerprint density at radius 2 is 1.92 bits per heavy atom. The number of rotatable bonds is 6. The molecule has 128 valence electrons. The van der Waals surface area contributed by atoms with Crippen LogP contribution in [0.3, 0.4) is 0 Å². The van der Waals surface area contributed by atoms with Crippen molar-refractivity contribution in [1.29, 1.82) is 0 Å². The van der Waals surface area contributed by atoms with E-state index in [2.05, 4.69) is 20.8 Å². The minimum atomic E-state index is -0.261. The Bertz CT molecular complexity index is 814. The van der Waals surface area contributed by atoms with E-state index in [1.165, 1.54) is 0 Å². The van der Waals surface area contributed by atoms with Crippen molar-refractivity contribution in [2.75, 3.05) is 18.5 Å². The zero-order valence-corrected chi connectivity index (χ0v) is 14.0. The smallest absolute Gasteiger partial charge is 0.319 e. The summed E-state index contributed by atoms with van der Waals surface area (Å²) in [5.74, 6) is 0.833. The number of anilines is 1. The number of para-hydroxylation sites is 1. The van der Waals surface area contributed by atoms with Gasteiger partial charge in [-0.15, -0.1) is 0 Å². The lowest BCUT2D eigenvalue weighted by molar-refractivity contribution is 0.247. The molecule has 0 saturated heterocycles. The molecule has 0 bridgehead atoms. The molecule has 0 atom stereocenters. The Morgan fingerprint density at radius 3 is 2.64 bits per heavy atom. The first kappa shape index (κ1) is 16.6. The summed E-state index contributed by atoms with van der Waals surface area (Å²) in [6, 6.07) is 17.0. The predicted molar refractivity (Wildman–Crippen MR) is 97.7 cm³/mol. The van der Waals surface area contributed by atoms with Crippen LogP contribution in [0.25, 0.3) is 11.3 Å². The number of carbonyl (C=O) groups is 1. The van der Waals surface area contributed by atoms with E-state index in [9.17, 15) is 4.79 Å². The van der Waals surface area contributed by atoms with Crippen LogP contribution in [0.5, 0.6) is 5.75 Å². The lowest BCUT2D eigenvalue weighted by atomic mass is 10.1. The molecule has 2 aromatic carbocycles. The number of benzene rings is 2. The normalized spacial score (nSPS) is 10.3. The third kappa shape index (κ3) is 4.60. The molecule has 3 rings (SSSR count). The standard InChI is InChI=1S/C19H20N4O2/c1-14-4-2-3-5-18(14)25-13-12-20-19(24)22-16-8-6-15(7-9-16)17-10-11-21-23-17/h2-11H,12-13H2,1H3,(H,21,23)(H2,20,22,24). The molecule has 6 heteroatoms. The third-order valence-corrected chi connectivity index (χ3v) is 3.69. The first-order valence-corrected chi connectivity index (χ1v) is 8.05. The SMILES string of the molecule is Cc1ccccc1OCCNC(=O)Nc1ccc(-c2ccn[nH]2)cc1. The van der Waals surface area contributed by atoms with Crippen LogP contribution in [-0.4, -0.2) is 29.4 Å². The number of aromatic amines is 1. The quantitative estimate of drug-likeness (QED) is 0.602. The van der Waals surface area contributed by atoms with Crippen LogP contribution in [0.2, 0.25) is 0 Å². The number of nitrogens with one attached hydrogen (secondary N) is 3. The van der Waals surface area contributed by atoms with Crippen molar-refractivity contribution < 1.29 is 9.53 Å². The van der Waals surface area contributed by atoms with E-state index in [4.69, 9.17) is 4.74 Å². The highest BCUT2D eigenvalue weighted by Crippen LogP contribution is 2.19. The summed E-state index contributed by atoms with van der Waals surface area (Å²) in [7, 11) is 0. The maximum atomic E-state index is 11.9. The lowest BCUT2D eigenvalue weighted by Gasteiger charge is -2.10. The summed E-state index contributed by atoms with van der Waals surface area (Å²) >= 11 is 0. The number of carbonyl (C=O) groups excluding carboxylic acids is 1. The van der Waals surface area contributed by atoms with Gasteiger partial charge in [0.1, 0.15) is 12.4 Å². The van der Waals surface area contributed by atoms with Crippen LogP contribution in [0.1, 0.15) is 5.56 Å². The molecule has 3 aromatic rings. The number of hydrogen-bond donors (Lipinski definition) is 3. The van der Waals surface area contributed by atoms with Gasteiger partial charge in [-0.2, -0.15) is 5.10 Å². The van der Waals surface area contributed by atoms with Crippen molar-refractivity contribution in [2.45, 2.75) is 6.92 Å². The van der Waals surface area contributed by atoms with E-state index in [-0.39, 0.29) is 6.03 Å². The average Bonchev–Trinajstić information content (AvgIpc) is 3.15. The fourth-order valence-electron chi connectivity index (χ4n) is 2.37. The van der Waals surface area contributed by atoms with Crippen LogP contribution in [0, 0.1) is 6.92 Å². The highest BCUT2D eigenvalue weighted by molar-refractivity contribution is 5.89. The highest BCUT2D eigenvalue weighted by atomic mass is 16.5. The molecule has 0 spiro atoms. The largest absolute Gasteiger partial charge is 0.491 e. The molecular weight excluding hydrogens is 316 g/mol. The van der Waals surface area contributed by atoms with Gasteiger partial charge in [-0.3, -0.25) is 5.10 Å². The molecule has 0 aliphatic carbocycles. The zero-order valence-electron chi connectivity index (χ0n) is 14.0. The summed E-state index contributed by atoms with van der Waals surface area (Å²) in [6.45, 7) is 2.83. The van der Waals surface area contributed by atoms with Crippen molar-refractivity contribution in [3.05, 3.63) is 66.4 Å². The van der Waals surface area contributed by atoms with E-state index >= 15 is 0 Å². The Hall–Kier alpha value is -3.28. The van der Waals surface area contributed by atoms with E-state index in [1.54, 1.807) is 6.20 Å². The number of aromatic nitrogens is 2. The minimum Gasteiger partial charge on any atom is -0.491 e. The van der Waals surface area contributed by atoms with Crippen LogP contribution in [0.4, 0.5) is 10.5 Å². The molecule has 0 unspecified atom stereocenters. The fraction of sp³-hybridized carbons (Fsp3) is 0.158. The van der Waals surface area contributed by atoms with Crippen LogP contribution < -0.4 is 15.4 Å². The van der Waals surface area contributed by atoms with Crippen LogP contribution in [-0.2, 0) is 0 Å². The lowest BCUT2D eigenvalue weighted by Crippen LogP contribution is -2.32. The van der Waals surface area contributed by atoms with Gasteiger partial charge < -0.3 is 15.4 Å². The van der Waals surface area contributed by atoms with Gasteiger partial charge in [-0.25, -0.2) is 4.79 Å². The molecule has 1 aromatic heterocycles. The Labute approximate surface area is 146 Å². The number of ether oxygens (including phenoxy) is 1. The van der Waals surface area contributed by atoms with Crippen molar-refractivity contribution in [3.63, 3.8) is 0 Å². The van der Waals surface area contributed by atoms with Crippen LogP contribution >= 0.6 is 0 Å². The maximum absolute atomic E-state index is 11.9. The minimum absolute atomic E-state index is 0.261. The Kier molecular flexibility index (Phi) is 5.31. The molecule has 1 heterocycles. The second-order valence-corrected chi connectivity index (χ2v) is 5.54. The monoisotopic (exact) mass is 336 g/mol. The summed E-state index contributed by atoms with van der Waals surface area (Å²) in [6.07, 6.45) is 1.70. The highest BCUT2D eigenvalue weighted by Gasteiger charge is 2.03. The first-order chi connectivity index (χ1) is 12.2. The van der Waals surface area contributed by atoms with Crippen LogP contribution in [0.15, 0.2) is 60.8 Å². The van der Waals surface area contributed by atoms with E-state index in [0.717, 1.165) is 28.3 Å². The Morgan fingerprint density at radius 1 is 1.12 bits per heavy atom. The van der Waals surface area contributed by atoms with Gasteiger partial charge in [0, 0.05) is 11.9 Å². The number of aryl methyl sites for hydroxylation is 1. The molecule has 6 nitrogen and oxygen atoms in total. The number of hydrogen-bond acceptors (Lipinski definition) is 3. The molecule has 0 aliphatic heterocycles.